The van der Waals surface area contributed by atoms with Crippen LogP contribution in [-0.2, 0) is 19.5 Å². The lowest BCUT2D eigenvalue weighted by molar-refractivity contribution is -0.0652. The first-order valence-corrected chi connectivity index (χ1v) is 13.2. The van der Waals surface area contributed by atoms with E-state index in [1.165, 1.54) is 20.3 Å². The van der Waals surface area contributed by atoms with Gasteiger partial charge in [0, 0.05) is 12.4 Å². The Morgan fingerprint density at radius 3 is 1.56 bits per heavy atom. The van der Waals surface area contributed by atoms with Gasteiger partial charge in [0.25, 0.3) is 11.8 Å². The Morgan fingerprint density at radius 1 is 0.721 bits per heavy atom. The lowest BCUT2D eigenvalue weighted by Crippen LogP contribution is -2.27. The van der Waals surface area contributed by atoms with Crippen molar-refractivity contribution in [3.05, 3.63) is 138 Å². The second kappa shape index (κ2) is 22.2. The maximum atomic E-state index is 12.0. The number of aryl methyl sites for hydroxylation is 1. The molecule has 4 rings (SSSR count). The Kier molecular flexibility index (Phi) is 19.9. The molecule has 0 atom stereocenters. The van der Waals surface area contributed by atoms with Crippen LogP contribution in [0.15, 0.2) is 104 Å². The molecule has 6 N–H and O–H groups in total. The Balaban J connectivity index is 0.000000720. The van der Waals surface area contributed by atoms with Crippen molar-refractivity contribution in [2.75, 3.05) is 14.1 Å². The van der Waals surface area contributed by atoms with Crippen LogP contribution < -0.4 is 11.5 Å². The number of carbonyl (C=O) groups excluding carboxylic acids is 2. The molecule has 0 saturated heterocycles. The fraction of sp³-hybridized carbons (Fsp3) is 0.188. The molecule has 11 heteroatoms. The summed E-state index contributed by atoms with van der Waals surface area (Å²) >= 11 is 0. The van der Waals surface area contributed by atoms with E-state index in [2.05, 4.69) is 28.0 Å². The number of aromatic nitrogens is 2. The molecule has 0 bridgehead atoms. The van der Waals surface area contributed by atoms with Gasteiger partial charge in [-0.3, -0.25) is 30.0 Å². The summed E-state index contributed by atoms with van der Waals surface area (Å²) in [6.07, 6.45) is 5.55. The van der Waals surface area contributed by atoms with E-state index in [0.717, 1.165) is 28.7 Å². The Morgan fingerprint density at radius 2 is 1.14 bits per heavy atom. The summed E-state index contributed by atoms with van der Waals surface area (Å²) in [5, 5.41) is 21.0. The van der Waals surface area contributed by atoms with Gasteiger partial charge >= 0.3 is 0 Å². The summed E-state index contributed by atoms with van der Waals surface area (Å²) in [4.78, 5) is 32.0. The summed E-state index contributed by atoms with van der Waals surface area (Å²) in [5.41, 5.74) is 13.0. The van der Waals surface area contributed by atoms with Crippen LogP contribution in [0.3, 0.4) is 0 Å². The third-order valence-corrected chi connectivity index (χ3v) is 5.51. The number of pyridine rings is 2. The number of nitrogens with zero attached hydrogens (tertiary/aromatic N) is 4. The fourth-order valence-corrected chi connectivity index (χ4v) is 3.42. The molecule has 2 heterocycles. The first-order chi connectivity index (χ1) is 20.4. The van der Waals surface area contributed by atoms with Crippen LogP contribution >= 0.6 is 12.4 Å². The molecular weight excluding hydrogens is 568 g/mol. The average Bonchev–Trinajstić information content (AvgIpc) is 3.07. The van der Waals surface area contributed by atoms with Crippen LogP contribution in [0.1, 0.15) is 50.2 Å². The van der Waals surface area contributed by atoms with Gasteiger partial charge in [0.1, 0.15) is 11.4 Å². The highest BCUT2D eigenvalue weighted by Gasteiger charge is 2.16. The van der Waals surface area contributed by atoms with Gasteiger partial charge in [-0.2, -0.15) is 0 Å². The first kappa shape index (κ1) is 38.5. The number of amides is 2. The molecule has 2 aromatic carbocycles. The smallest absolute Gasteiger partial charge is 0.296 e. The van der Waals surface area contributed by atoms with Crippen LogP contribution in [0.4, 0.5) is 0 Å². The molecule has 0 aliphatic carbocycles. The molecule has 230 valence electrons. The van der Waals surface area contributed by atoms with Gasteiger partial charge in [-0.1, -0.05) is 80.2 Å². The van der Waals surface area contributed by atoms with Crippen LogP contribution in [0.5, 0.6) is 0 Å². The van der Waals surface area contributed by atoms with Gasteiger partial charge in [0.05, 0.1) is 13.1 Å². The molecule has 0 fully saturated rings. The third kappa shape index (κ3) is 13.4. The fourth-order valence-electron chi connectivity index (χ4n) is 3.42. The van der Waals surface area contributed by atoms with Crippen LogP contribution in [0.2, 0.25) is 0 Å². The van der Waals surface area contributed by atoms with Crippen molar-refractivity contribution in [2.45, 2.75) is 26.4 Å². The molecule has 43 heavy (non-hydrogen) atoms. The minimum Gasteiger partial charge on any atom is -0.333 e. The number of hydrogen-bond donors (Lipinski definition) is 4. The minimum absolute atomic E-state index is 0. The van der Waals surface area contributed by atoms with E-state index in [1.807, 2.05) is 73.7 Å². The zero-order valence-corrected chi connectivity index (χ0v) is 25.5. The topological polar surface area (TPSA) is 159 Å². The largest absolute Gasteiger partial charge is 0.333 e. The van der Waals surface area contributed by atoms with Crippen LogP contribution in [0, 0.1) is 0 Å². The van der Waals surface area contributed by atoms with E-state index >= 15 is 0 Å². The minimum atomic E-state index is -0.535. The number of nitrogens with two attached hydrogens (primary N) is 2. The maximum Gasteiger partial charge on any atom is 0.296 e. The molecule has 0 aliphatic rings. The Hall–Kier alpha value is -4.45. The van der Waals surface area contributed by atoms with Gasteiger partial charge in [0.2, 0.25) is 0 Å². The lowest BCUT2D eigenvalue weighted by Gasteiger charge is -2.14. The lowest BCUT2D eigenvalue weighted by atomic mass is 10.1. The SMILES string of the molecule is C=Cc1ccnc(C(=O)N(O)Cc2ccccc2)c1.CCc1ccnc(C(=O)N(O)Cc2ccccc2)c1.CN.CN.Cl. The molecule has 0 unspecified atom stereocenters. The van der Waals surface area contributed by atoms with Gasteiger partial charge in [-0.15, -0.1) is 12.4 Å². The molecule has 0 saturated carbocycles. The summed E-state index contributed by atoms with van der Waals surface area (Å²) in [5.74, 6) is -1.02. The van der Waals surface area contributed by atoms with Gasteiger partial charge in [-0.25, -0.2) is 10.1 Å². The zero-order chi connectivity index (χ0) is 31.3. The highest BCUT2D eigenvalue weighted by atomic mass is 35.5. The Labute approximate surface area is 259 Å². The first-order valence-electron chi connectivity index (χ1n) is 13.2. The number of rotatable bonds is 8. The number of hydroxylamine groups is 4. The number of hydrogen-bond acceptors (Lipinski definition) is 8. The van der Waals surface area contributed by atoms with Gasteiger partial charge in [-0.05, 0) is 67.0 Å². The molecular formula is C32H41ClN6O4. The van der Waals surface area contributed by atoms with Crippen LogP contribution in [-0.4, -0.2) is 56.4 Å². The van der Waals surface area contributed by atoms with Crippen molar-refractivity contribution < 1.29 is 20.0 Å². The zero-order valence-electron chi connectivity index (χ0n) is 24.7. The van der Waals surface area contributed by atoms with Crippen molar-refractivity contribution in [1.82, 2.24) is 20.1 Å². The van der Waals surface area contributed by atoms with E-state index < -0.39 is 11.8 Å². The summed E-state index contributed by atoms with van der Waals surface area (Å²) in [6.45, 7) is 5.91. The summed E-state index contributed by atoms with van der Waals surface area (Å²) in [6, 6.07) is 25.5. The highest BCUT2D eigenvalue weighted by molar-refractivity contribution is 5.92. The predicted octanol–water partition coefficient (Wildman–Crippen LogP) is 5.00. The maximum absolute atomic E-state index is 12.0. The second-order valence-corrected chi connectivity index (χ2v) is 8.28. The molecule has 0 radical (unpaired) electrons. The normalized spacial score (nSPS) is 9.19. The standard InChI is InChI=1S/C15H16N2O2.C15H14N2O2.2CH5N.ClH/c2*1-2-12-8-9-16-14(10-12)15(18)17(19)11-13-6-4-3-5-7-13;2*1-2;/h3-10,19H,2,11H2,1H3;2-10,19H,1,11H2;2*2H2,1H3;1H. The van der Waals surface area contributed by atoms with Crippen molar-refractivity contribution in [3.8, 4) is 0 Å². The number of halogens is 1. The monoisotopic (exact) mass is 608 g/mol. The van der Waals surface area contributed by atoms with E-state index in [4.69, 9.17) is 0 Å². The molecule has 2 amide bonds. The summed E-state index contributed by atoms with van der Waals surface area (Å²) < 4.78 is 0. The quantitative estimate of drug-likeness (QED) is 0.161. The van der Waals surface area contributed by atoms with E-state index in [-0.39, 0.29) is 36.9 Å². The second-order valence-electron chi connectivity index (χ2n) is 8.28. The highest BCUT2D eigenvalue weighted by Crippen LogP contribution is 2.10. The van der Waals surface area contributed by atoms with E-state index in [9.17, 15) is 20.0 Å². The van der Waals surface area contributed by atoms with Gasteiger partial charge < -0.3 is 11.5 Å². The average molecular weight is 609 g/mol. The molecule has 2 aromatic heterocycles. The predicted molar refractivity (Wildman–Crippen MR) is 172 cm³/mol. The number of benzene rings is 2. The van der Waals surface area contributed by atoms with Crippen molar-refractivity contribution in [2.24, 2.45) is 11.5 Å². The van der Waals surface area contributed by atoms with Crippen molar-refractivity contribution in [3.63, 3.8) is 0 Å². The van der Waals surface area contributed by atoms with E-state index in [0.29, 0.717) is 10.1 Å². The summed E-state index contributed by atoms with van der Waals surface area (Å²) in [7, 11) is 3.00. The third-order valence-electron chi connectivity index (χ3n) is 5.51. The van der Waals surface area contributed by atoms with Crippen molar-refractivity contribution in [1.29, 1.82) is 0 Å². The molecule has 4 aromatic rings. The molecule has 0 aliphatic heterocycles. The number of carbonyl (C=O) groups is 2. The molecule has 0 spiro atoms. The Bertz CT molecular complexity index is 1360. The van der Waals surface area contributed by atoms with Crippen molar-refractivity contribution >= 4 is 30.3 Å². The van der Waals surface area contributed by atoms with E-state index in [1.54, 1.807) is 30.5 Å². The van der Waals surface area contributed by atoms with Gasteiger partial charge in [0.15, 0.2) is 0 Å². The van der Waals surface area contributed by atoms with Crippen LogP contribution in [0.25, 0.3) is 6.08 Å². The molecule has 10 nitrogen and oxygen atoms in total.